The molecule has 1 rings (SSSR count). The molecule has 0 saturated carbocycles. The van der Waals surface area contributed by atoms with E-state index in [0.29, 0.717) is 6.61 Å². The van der Waals surface area contributed by atoms with Gasteiger partial charge in [-0.2, -0.15) is 0 Å². The molecule has 1 aromatic rings. The molecule has 0 heterocycles. The minimum absolute atomic E-state index is 0.156. The van der Waals surface area contributed by atoms with Gasteiger partial charge in [-0.25, -0.2) is 0 Å². The quantitative estimate of drug-likeness (QED) is 0.691. The topological polar surface area (TPSA) is 35.5 Å². The van der Waals surface area contributed by atoms with Crippen molar-refractivity contribution in [2.75, 3.05) is 13.7 Å². The summed E-state index contributed by atoms with van der Waals surface area (Å²) in [6.07, 6.45) is 0.830. The van der Waals surface area contributed by atoms with Crippen LogP contribution < -0.4 is 4.74 Å². The molecule has 0 spiro atoms. The average molecular weight is 306 g/mol. The summed E-state index contributed by atoms with van der Waals surface area (Å²) in [5.41, 5.74) is 0.0694. The normalized spacial score (nSPS) is 14.5. The molecule has 1 atom stereocenters. The van der Waals surface area contributed by atoms with Crippen molar-refractivity contribution in [3.05, 3.63) is 29.8 Å². The second kappa shape index (κ2) is 7.17. The molecule has 1 unspecified atom stereocenters. The van der Waals surface area contributed by atoms with Crippen LogP contribution in [-0.4, -0.2) is 19.7 Å². The van der Waals surface area contributed by atoms with Gasteiger partial charge in [0.1, 0.15) is 5.75 Å². The molecule has 0 N–H and O–H groups in total. The van der Waals surface area contributed by atoms with Crippen LogP contribution in [-0.2, 0) is 14.9 Å². The molecule has 1 aromatic carbocycles. The predicted molar refractivity (Wildman–Crippen MR) is 90.2 cm³/mol. The van der Waals surface area contributed by atoms with Gasteiger partial charge in [-0.15, -0.1) is 0 Å². The minimum atomic E-state index is -0.652. The number of ether oxygens (including phenoxy) is 2. The lowest BCUT2D eigenvalue weighted by Crippen LogP contribution is -2.51. The first-order chi connectivity index (χ1) is 10.3. The van der Waals surface area contributed by atoms with Gasteiger partial charge in [0.05, 0.1) is 19.1 Å². The first-order valence-corrected chi connectivity index (χ1v) is 8.10. The number of carbonyl (C=O) groups excluding carboxylic acids is 1. The summed E-state index contributed by atoms with van der Waals surface area (Å²) < 4.78 is 11.0. The lowest BCUT2D eigenvalue weighted by Gasteiger charge is -2.48. The van der Waals surface area contributed by atoms with Crippen LogP contribution in [0, 0.1) is 11.3 Å². The van der Waals surface area contributed by atoms with Gasteiger partial charge >= 0.3 is 5.97 Å². The van der Waals surface area contributed by atoms with Crippen LogP contribution in [0.5, 0.6) is 5.75 Å². The zero-order chi connectivity index (χ0) is 17.0. The van der Waals surface area contributed by atoms with E-state index >= 15 is 0 Å². The molecule has 0 fully saturated rings. The Morgan fingerprint density at radius 2 is 1.77 bits per heavy atom. The number of para-hydroxylation sites is 1. The van der Waals surface area contributed by atoms with E-state index < -0.39 is 5.41 Å². The Morgan fingerprint density at radius 1 is 1.18 bits per heavy atom. The van der Waals surface area contributed by atoms with E-state index in [1.165, 1.54) is 0 Å². The van der Waals surface area contributed by atoms with Gasteiger partial charge in [0.25, 0.3) is 0 Å². The van der Waals surface area contributed by atoms with Gasteiger partial charge in [0, 0.05) is 11.0 Å². The fourth-order valence-electron chi connectivity index (χ4n) is 3.92. The van der Waals surface area contributed by atoms with Crippen LogP contribution in [0.1, 0.15) is 53.5 Å². The number of carbonyl (C=O) groups is 1. The van der Waals surface area contributed by atoms with Crippen LogP contribution in [0.4, 0.5) is 0 Å². The summed E-state index contributed by atoms with van der Waals surface area (Å²) in [7, 11) is 1.68. The Morgan fingerprint density at radius 3 is 2.23 bits per heavy atom. The van der Waals surface area contributed by atoms with Crippen molar-refractivity contribution in [3.8, 4) is 5.75 Å². The van der Waals surface area contributed by atoms with Crippen LogP contribution in [0.25, 0.3) is 0 Å². The molecule has 0 radical (unpaired) electrons. The zero-order valence-corrected chi connectivity index (χ0v) is 15.0. The largest absolute Gasteiger partial charge is 0.496 e. The highest BCUT2D eigenvalue weighted by Gasteiger charge is 2.53. The van der Waals surface area contributed by atoms with Gasteiger partial charge in [0.15, 0.2) is 0 Å². The standard InChI is InChI=1S/C19H30O3/c1-8-19(14(3)4,18(5,6)17(20)22-9-2)15-12-10-11-13-16(15)21-7/h10-14H,8-9H2,1-7H3. The fraction of sp³-hybridized carbons (Fsp3) is 0.632. The minimum Gasteiger partial charge on any atom is -0.496 e. The van der Waals surface area contributed by atoms with E-state index in [1.807, 2.05) is 39.0 Å². The van der Waals surface area contributed by atoms with Gasteiger partial charge in [0.2, 0.25) is 0 Å². The Labute approximate surface area is 135 Å². The maximum atomic E-state index is 12.7. The molecular weight excluding hydrogens is 276 g/mol. The van der Waals surface area contributed by atoms with Crippen molar-refractivity contribution in [1.82, 2.24) is 0 Å². The smallest absolute Gasteiger partial charge is 0.312 e. The van der Waals surface area contributed by atoms with Crippen LogP contribution >= 0.6 is 0 Å². The highest BCUT2D eigenvalue weighted by molar-refractivity contribution is 5.79. The Kier molecular flexibility index (Phi) is 6.04. The van der Waals surface area contributed by atoms with Crippen LogP contribution in [0.15, 0.2) is 24.3 Å². The molecule has 0 amide bonds. The second-order valence-corrected chi connectivity index (χ2v) is 6.53. The molecule has 0 aromatic heterocycles. The van der Waals surface area contributed by atoms with Crippen molar-refractivity contribution in [2.45, 2.75) is 53.4 Å². The average Bonchev–Trinajstić information content (AvgIpc) is 2.48. The molecule has 3 heteroatoms. The van der Waals surface area contributed by atoms with Crippen molar-refractivity contribution >= 4 is 5.97 Å². The molecule has 0 saturated heterocycles. The zero-order valence-electron chi connectivity index (χ0n) is 15.0. The van der Waals surface area contributed by atoms with E-state index in [-0.39, 0.29) is 17.3 Å². The van der Waals surface area contributed by atoms with Crippen molar-refractivity contribution in [2.24, 2.45) is 11.3 Å². The summed E-state index contributed by atoms with van der Waals surface area (Å²) in [5, 5.41) is 0. The summed E-state index contributed by atoms with van der Waals surface area (Å²) in [6, 6.07) is 8.00. The summed E-state index contributed by atoms with van der Waals surface area (Å²) >= 11 is 0. The fourth-order valence-corrected chi connectivity index (χ4v) is 3.92. The number of benzene rings is 1. The lowest BCUT2D eigenvalue weighted by molar-refractivity contribution is -0.160. The molecule has 0 aliphatic rings. The molecule has 0 bridgehead atoms. The van der Waals surface area contributed by atoms with Gasteiger partial charge in [-0.3, -0.25) is 4.79 Å². The van der Waals surface area contributed by atoms with E-state index in [0.717, 1.165) is 17.7 Å². The number of rotatable bonds is 7. The van der Waals surface area contributed by atoms with Crippen molar-refractivity contribution < 1.29 is 14.3 Å². The van der Waals surface area contributed by atoms with Crippen molar-refractivity contribution in [3.63, 3.8) is 0 Å². The Bertz CT molecular complexity index is 505. The van der Waals surface area contributed by atoms with E-state index in [4.69, 9.17) is 9.47 Å². The molecule has 22 heavy (non-hydrogen) atoms. The third kappa shape index (κ3) is 2.86. The third-order valence-corrected chi connectivity index (χ3v) is 5.03. The Balaban J connectivity index is 3.60. The molecule has 124 valence electrons. The number of esters is 1. The molecule has 3 nitrogen and oxygen atoms in total. The third-order valence-electron chi connectivity index (χ3n) is 5.03. The number of hydrogen-bond donors (Lipinski definition) is 0. The number of hydrogen-bond acceptors (Lipinski definition) is 3. The van der Waals surface area contributed by atoms with E-state index in [2.05, 4.69) is 26.8 Å². The van der Waals surface area contributed by atoms with E-state index in [9.17, 15) is 4.79 Å². The first-order valence-electron chi connectivity index (χ1n) is 8.10. The number of methoxy groups -OCH3 is 1. The summed E-state index contributed by atoms with van der Waals surface area (Å²) in [4.78, 5) is 12.7. The van der Waals surface area contributed by atoms with Crippen LogP contribution in [0.2, 0.25) is 0 Å². The second-order valence-electron chi connectivity index (χ2n) is 6.53. The summed E-state index contributed by atoms with van der Waals surface area (Å²) in [6.45, 7) is 12.7. The van der Waals surface area contributed by atoms with Gasteiger partial charge in [-0.1, -0.05) is 39.0 Å². The molecule has 0 aliphatic carbocycles. The summed E-state index contributed by atoms with van der Waals surface area (Å²) in [5.74, 6) is 0.931. The highest BCUT2D eigenvalue weighted by Crippen LogP contribution is 2.53. The molecule has 0 aliphatic heterocycles. The monoisotopic (exact) mass is 306 g/mol. The Hall–Kier alpha value is -1.51. The SMILES string of the molecule is CCOC(=O)C(C)(C)C(CC)(c1ccccc1OC)C(C)C. The van der Waals surface area contributed by atoms with Crippen molar-refractivity contribution in [1.29, 1.82) is 0 Å². The first kappa shape index (κ1) is 18.5. The van der Waals surface area contributed by atoms with Gasteiger partial charge in [-0.05, 0) is 39.2 Å². The maximum absolute atomic E-state index is 12.7. The van der Waals surface area contributed by atoms with Crippen LogP contribution in [0.3, 0.4) is 0 Å². The lowest BCUT2D eigenvalue weighted by atomic mass is 9.54. The van der Waals surface area contributed by atoms with E-state index in [1.54, 1.807) is 7.11 Å². The maximum Gasteiger partial charge on any atom is 0.312 e. The highest BCUT2D eigenvalue weighted by atomic mass is 16.5. The van der Waals surface area contributed by atoms with Gasteiger partial charge < -0.3 is 9.47 Å². The molecular formula is C19H30O3. The predicted octanol–water partition coefficient (Wildman–Crippen LogP) is 4.59.